The second-order valence-electron chi connectivity index (χ2n) is 9.68. The zero-order chi connectivity index (χ0) is 26.8. The van der Waals surface area contributed by atoms with Crippen LogP contribution < -0.4 is 5.69 Å². The van der Waals surface area contributed by atoms with Crippen molar-refractivity contribution in [1.82, 2.24) is 24.3 Å². The van der Waals surface area contributed by atoms with E-state index >= 15 is 0 Å². The first-order valence-electron chi connectivity index (χ1n) is 12.6. The summed E-state index contributed by atoms with van der Waals surface area (Å²) in [5.74, 6) is -0.375. The van der Waals surface area contributed by atoms with Crippen molar-refractivity contribution in [3.63, 3.8) is 0 Å². The highest BCUT2D eigenvalue weighted by molar-refractivity contribution is 5.89. The van der Waals surface area contributed by atoms with Crippen LogP contribution in [0.1, 0.15) is 27.7 Å². The lowest BCUT2D eigenvalue weighted by Crippen LogP contribution is -2.45. The maximum Gasteiger partial charge on any atom is 0.351 e. The molecule has 2 aliphatic rings. The number of nitrogens with zero attached hydrogens (tertiary/aromatic N) is 5. The fourth-order valence-corrected chi connectivity index (χ4v) is 5.13. The van der Waals surface area contributed by atoms with Crippen LogP contribution in [0.4, 0.5) is 0 Å². The van der Waals surface area contributed by atoms with Crippen LogP contribution in [0.5, 0.6) is 0 Å². The van der Waals surface area contributed by atoms with Gasteiger partial charge in [-0.25, -0.2) is 19.3 Å². The number of ether oxygens (including phenoxy) is 4. The molecule has 2 aromatic carbocycles. The third-order valence-electron chi connectivity index (χ3n) is 7.11. The lowest BCUT2D eigenvalue weighted by atomic mass is 9.90. The summed E-state index contributed by atoms with van der Waals surface area (Å²) in [5, 5.41) is 4.08. The van der Waals surface area contributed by atoms with Crippen molar-refractivity contribution in [3.05, 3.63) is 107 Å². The van der Waals surface area contributed by atoms with Crippen molar-refractivity contribution in [1.29, 1.82) is 0 Å². The molecule has 2 fully saturated rings. The van der Waals surface area contributed by atoms with Crippen LogP contribution in [0.2, 0.25) is 0 Å². The Morgan fingerprint density at radius 2 is 1.90 bits per heavy atom. The van der Waals surface area contributed by atoms with Gasteiger partial charge < -0.3 is 18.9 Å². The molecule has 0 radical (unpaired) electrons. The molecular formula is C28H27N5O6. The molecule has 0 spiro atoms. The highest BCUT2D eigenvalue weighted by Gasteiger charge is 2.63. The van der Waals surface area contributed by atoms with Crippen LogP contribution in [-0.4, -0.2) is 61.8 Å². The second kappa shape index (κ2) is 10.5. The number of aromatic nitrogens is 5. The number of rotatable bonds is 9. The molecule has 2 unspecified atom stereocenters. The van der Waals surface area contributed by atoms with Gasteiger partial charge in [0.1, 0.15) is 31.0 Å². The number of aryl methyl sites for hydroxylation is 1. The average Bonchev–Trinajstić information content (AvgIpc) is 3.69. The van der Waals surface area contributed by atoms with Crippen LogP contribution in [0.3, 0.4) is 0 Å². The second-order valence-corrected chi connectivity index (χ2v) is 9.68. The summed E-state index contributed by atoms with van der Waals surface area (Å²) in [6.07, 6.45) is 3.24. The summed E-state index contributed by atoms with van der Waals surface area (Å²) in [6, 6.07) is 18.6. The Hall–Kier alpha value is -4.19. The fourth-order valence-electron chi connectivity index (χ4n) is 5.13. The number of carbonyl (C=O) groups excluding carboxylic acids is 1. The Kier molecular flexibility index (Phi) is 6.77. The molecule has 11 nitrogen and oxygen atoms in total. The van der Waals surface area contributed by atoms with E-state index in [9.17, 15) is 9.59 Å². The van der Waals surface area contributed by atoms with E-state index in [1.54, 1.807) is 30.5 Å². The highest BCUT2D eigenvalue weighted by atomic mass is 16.6. The van der Waals surface area contributed by atoms with Gasteiger partial charge in [-0.05, 0) is 24.6 Å². The maximum atomic E-state index is 13.2. The normalized spacial score (nSPS) is 23.7. The van der Waals surface area contributed by atoms with Gasteiger partial charge in [0.2, 0.25) is 0 Å². The molecule has 6 rings (SSSR count). The Balaban J connectivity index is 1.26. The number of benzene rings is 2. The minimum atomic E-state index is -0.992. The lowest BCUT2D eigenvalue weighted by molar-refractivity contribution is -0.187. The molecule has 4 aromatic rings. The van der Waals surface area contributed by atoms with Crippen molar-refractivity contribution in [2.45, 2.75) is 31.5 Å². The molecular weight excluding hydrogens is 502 g/mol. The van der Waals surface area contributed by atoms with Crippen LogP contribution in [0, 0.1) is 12.8 Å². The Labute approximate surface area is 223 Å². The van der Waals surface area contributed by atoms with E-state index in [2.05, 4.69) is 15.1 Å². The summed E-state index contributed by atoms with van der Waals surface area (Å²) in [6.45, 7) is 2.67. The molecule has 11 heteroatoms. The van der Waals surface area contributed by atoms with Gasteiger partial charge >= 0.3 is 11.7 Å². The molecule has 200 valence electrons. The Morgan fingerprint density at radius 3 is 2.64 bits per heavy atom. The van der Waals surface area contributed by atoms with Crippen molar-refractivity contribution >= 4 is 5.97 Å². The maximum absolute atomic E-state index is 13.2. The smallest absolute Gasteiger partial charge is 0.351 e. The Morgan fingerprint density at radius 1 is 1.13 bits per heavy atom. The molecule has 4 atom stereocenters. The third kappa shape index (κ3) is 4.87. The minimum absolute atomic E-state index is 0.0503. The summed E-state index contributed by atoms with van der Waals surface area (Å²) >= 11 is 0. The number of hydrogen-bond acceptors (Lipinski definition) is 9. The van der Waals surface area contributed by atoms with Crippen LogP contribution in [0.25, 0.3) is 5.82 Å². The van der Waals surface area contributed by atoms with Gasteiger partial charge in [-0.1, -0.05) is 48.5 Å². The fraction of sp³-hybridized carbons (Fsp3) is 0.321. The largest absolute Gasteiger partial charge is 0.459 e. The van der Waals surface area contributed by atoms with Crippen LogP contribution in [0.15, 0.2) is 84.3 Å². The summed E-state index contributed by atoms with van der Waals surface area (Å²) in [7, 11) is 0. The summed E-state index contributed by atoms with van der Waals surface area (Å²) in [5.41, 5.74) is 0.663. The minimum Gasteiger partial charge on any atom is -0.459 e. The van der Waals surface area contributed by atoms with E-state index in [0.717, 1.165) is 5.56 Å². The molecule has 2 aromatic heterocycles. The SMILES string of the molecule is Cc1cn([C@@H]2O[C@@]3(COC(=O)c4ccccc4)COC2C3COCc2ccccc2)c(=O)nc1-n1cncn1. The average molecular weight is 530 g/mol. The van der Waals surface area contributed by atoms with Gasteiger partial charge in [0.25, 0.3) is 0 Å². The number of hydrogen-bond donors (Lipinski definition) is 0. The quantitative estimate of drug-likeness (QED) is 0.301. The number of esters is 1. The van der Waals surface area contributed by atoms with E-state index < -0.39 is 29.6 Å². The zero-order valence-electron chi connectivity index (χ0n) is 21.3. The molecule has 4 heterocycles. The van der Waals surface area contributed by atoms with Gasteiger partial charge in [-0.2, -0.15) is 10.1 Å². The van der Waals surface area contributed by atoms with E-state index in [1.165, 1.54) is 21.9 Å². The molecule has 0 amide bonds. The van der Waals surface area contributed by atoms with E-state index in [1.807, 2.05) is 43.3 Å². The van der Waals surface area contributed by atoms with Crippen LogP contribution >= 0.6 is 0 Å². The van der Waals surface area contributed by atoms with Gasteiger partial charge in [0, 0.05) is 17.7 Å². The lowest BCUT2D eigenvalue weighted by Gasteiger charge is -2.31. The Bertz CT molecular complexity index is 1490. The molecule has 0 saturated carbocycles. The standard InChI is InChI=1S/C28H27N5O6/c1-19-12-32(27(35)31-24(19)33-18-29-17-30-33)25-23-22(14-36-13-20-8-4-2-5-9-20)28(39-25,15-37-23)16-38-26(34)21-10-6-3-7-11-21/h2-12,17-18,22-23,25H,13-16H2,1H3/t22?,23?,25-,28-/m1/s1. The number of fused-ring (bicyclic) bond motifs is 2. The first kappa shape index (κ1) is 25.1. The summed E-state index contributed by atoms with van der Waals surface area (Å²) in [4.78, 5) is 34.1. The first-order valence-corrected chi connectivity index (χ1v) is 12.6. The van der Waals surface area contributed by atoms with E-state index in [4.69, 9.17) is 18.9 Å². The highest BCUT2D eigenvalue weighted by Crippen LogP contribution is 2.49. The van der Waals surface area contributed by atoms with E-state index in [-0.39, 0.29) is 25.7 Å². The first-order chi connectivity index (χ1) is 19.0. The van der Waals surface area contributed by atoms with Gasteiger partial charge in [0.15, 0.2) is 12.0 Å². The third-order valence-corrected chi connectivity index (χ3v) is 7.11. The molecule has 0 N–H and O–H groups in total. The van der Waals surface area contributed by atoms with Crippen molar-refractivity contribution in [2.75, 3.05) is 19.8 Å². The van der Waals surface area contributed by atoms with Crippen molar-refractivity contribution in [2.24, 2.45) is 5.92 Å². The predicted octanol–water partition coefficient (Wildman–Crippen LogP) is 2.49. The zero-order valence-corrected chi connectivity index (χ0v) is 21.3. The molecule has 2 aliphatic heterocycles. The van der Waals surface area contributed by atoms with Gasteiger partial charge in [-0.15, -0.1) is 0 Å². The monoisotopic (exact) mass is 529 g/mol. The molecule has 2 saturated heterocycles. The van der Waals surface area contributed by atoms with Crippen molar-refractivity contribution in [3.8, 4) is 5.82 Å². The molecule has 39 heavy (non-hydrogen) atoms. The molecule has 2 bridgehead atoms. The van der Waals surface area contributed by atoms with Gasteiger partial charge in [0.05, 0.1) is 25.4 Å². The predicted molar refractivity (Wildman–Crippen MR) is 137 cm³/mol. The van der Waals surface area contributed by atoms with Crippen LogP contribution in [-0.2, 0) is 25.6 Å². The number of carbonyl (C=O) groups is 1. The summed E-state index contributed by atoms with van der Waals surface area (Å²) < 4.78 is 27.3. The van der Waals surface area contributed by atoms with Crippen molar-refractivity contribution < 1.29 is 23.7 Å². The van der Waals surface area contributed by atoms with Gasteiger partial charge in [-0.3, -0.25) is 4.57 Å². The topological polar surface area (TPSA) is 120 Å². The molecule has 0 aliphatic carbocycles. The van der Waals surface area contributed by atoms with E-state index in [0.29, 0.717) is 23.6 Å².